The van der Waals surface area contributed by atoms with Gasteiger partial charge in [0.25, 0.3) is 5.24 Å². The zero-order valence-electron chi connectivity index (χ0n) is 3.64. The minimum atomic E-state index is -1.36. The van der Waals surface area contributed by atoms with Gasteiger partial charge >= 0.3 is 5.97 Å². The molecule has 8 heavy (non-hydrogen) atoms. The summed E-state index contributed by atoms with van der Waals surface area (Å²) in [6, 6.07) is 0. The van der Waals surface area contributed by atoms with Crippen LogP contribution in [0.1, 0.15) is 0 Å². The van der Waals surface area contributed by atoms with E-state index in [2.05, 4.69) is 11.6 Å². The lowest BCUT2D eigenvalue weighted by Gasteiger charge is -1.66. The molecule has 0 heterocycles. The molecule has 0 saturated carbocycles. The summed E-state index contributed by atoms with van der Waals surface area (Å²) in [5, 5.41) is 6.81. The van der Waals surface area contributed by atoms with E-state index in [1.165, 1.54) is 5.92 Å². The Morgan fingerprint density at radius 1 is 1.38 bits per heavy atom. The van der Waals surface area contributed by atoms with Crippen LogP contribution >= 0.6 is 11.6 Å². The number of hydrogen-bond donors (Lipinski definition) is 1. The quantitative estimate of drug-likeness (QED) is 0.368. The molecule has 0 bridgehead atoms. The molecule has 42 valence electrons. The SMILES string of the molecule is O=C(O)C#CC(=O)Cl. The van der Waals surface area contributed by atoms with Gasteiger partial charge in [0.15, 0.2) is 0 Å². The first-order valence-electron chi connectivity index (χ1n) is 1.57. The third-order valence-corrected chi connectivity index (χ3v) is 0.362. The molecule has 0 aliphatic carbocycles. The maximum absolute atomic E-state index is 9.68. The second kappa shape index (κ2) is 3.05. The Morgan fingerprint density at radius 2 is 1.88 bits per heavy atom. The number of carboxylic acid groups (broad SMARTS) is 1. The van der Waals surface area contributed by atoms with Crippen LogP contribution in [0, 0.1) is 11.8 Å². The van der Waals surface area contributed by atoms with Gasteiger partial charge in [0, 0.05) is 11.8 Å². The van der Waals surface area contributed by atoms with Gasteiger partial charge in [0.1, 0.15) is 0 Å². The fourth-order valence-corrected chi connectivity index (χ4v) is 0.150. The molecule has 0 saturated heterocycles. The number of halogens is 1. The first kappa shape index (κ1) is 6.99. The average Bonchev–Trinajstić information content (AvgIpc) is 1.61. The van der Waals surface area contributed by atoms with E-state index in [4.69, 9.17) is 5.11 Å². The second-order valence-corrected chi connectivity index (χ2v) is 1.17. The van der Waals surface area contributed by atoms with Gasteiger partial charge in [-0.3, -0.25) is 4.79 Å². The highest BCUT2D eigenvalue weighted by Crippen LogP contribution is 1.72. The number of carboxylic acids is 1. The molecule has 0 amide bonds. The molecule has 0 unspecified atom stereocenters. The standard InChI is InChI=1S/C4HClO3/c5-3(6)1-2-4(7)8/h(H,7,8). The molecule has 0 spiro atoms. The van der Waals surface area contributed by atoms with E-state index in [9.17, 15) is 9.59 Å². The minimum Gasteiger partial charge on any atom is -0.472 e. The summed E-state index contributed by atoms with van der Waals surface area (Å²) < 4.78 is 0. The molecule has 0 fully saturated rings. The lowest BCUT2D eigenvalue weighted by atomic mass is 10.6. The van der Waals surface area contributed by atoms with Gasteiger partial charge in [0.2, 0.25) is 0 Å². The highest BCUT2D eigenvalue weighted by Gasteiger charge is 1.86. The molecule has 0 radical (unpaired) electrons. The van der Waals surface area contributed by atoms with Crippen LogP contribution in [0.4, 0.5) is 0 Å². The normalized spacial score (nSPS) is 6.62. The number of rotatable bonds is 0. The van der Waals surface area contributed by atoms with E-state index in [1.807, 2.05) is 0 Å². The van der Waals surface area contributed by atoms with Crippen LogP contribution in [0.15, 0.2) is 0 Å². The molecular weight excluding hydrogens is 131 g/mol. The summed E-state index contributed by atoms with van der Waals surface area (Å²) in [7, 11) is 0. The van der Waals surface area contributed by atoms with Crippen molar-refractivity contribution in [3.8, 4) is 11.8 Å². The Hall–Kier alpha value is -1.01. The molecule has 0 aliphatic heterocycles. The summed E-state index contributed by atoms with van der Waals surface area (Å²) in [6.45, 7) is 0. The Balaban J connectivity index is 3.87. The van der Waals surface area contributed by atoms with E-state index in [1.54, 1.807) is 5.92 Å². The summed E-state index contributed by atoms with van der Waals surface area (Å²) in [5.74, 6) is 1.79. The second-order valence-electron chi connectivity index (χ2n) is 0.829. The van der Waals surface area contributed by atoms with E-state index in [-0.39, 0.29) is 0 Å². The smallest absolute Gasteiger partial charge is 0.382 e. The van der Waals surface area contributed by atoms with E-state index in [0.29, 0.717) is 0 Å². The highest BCUT2D eigenvalue weighted by molar-refractivity contribution is 6.68. The lowest BCUT2D eigenvalue weighted by Crippen LogP contribution is -1.88. The predicted molar refractivity (Wildman–Crippen MR) is 26.3 cm³/mol. The average molecular weight is 133 g/mol. The highest BCUT2D eigenvalue weighted by atomic mass is 35.5. The van der Waals surface area contributed by atoms with E-state index >= 15 is 0 Å². The first-order valence-corrected chi connectivity index (χ1v) is 1.95. The van der Waals surface area contributed by atoms with Crippen LogP contribution in [-0.4, -0.2) is 16.3 Å². The fraction of sp³-hybridized carbons (Fsp3) is 0. The molecule has 3 nitrogen and oxygen atoms in total. The van der Waals surface area contributed by atoms with Gasteiger partial charge < -0.3 is 5.11 Å². The maximum atomic E-state index is 9.68. The van der Waals surface area contributed by atoms with Crippen molar-refractivity contribution in [1.82, 2.24) is 0 Å². The van der Waals surface area contributed by atoms with Crippen LogP contribution in [0.5, 0.6) is 0 Å². The Morgan fingerprint density at radius 3 is 2.00 bits per heavy atom. The monoisotopic (exact) mass is 132 g/mol. The number of carbonyl (C=O) groups excluding carboxylic acids is 1. The van der Waals surface area contributed by atoms with Crippen LogP contribution in [0.25, 0.3) is 0 Å². The van der Waals surface area contributed by atoms with Crippen molar-refractivity contribution < 1.29 is 14.7 Å². The molecule has 0 rings (SSSR count). The van der Waals surface area contributed by atoms with Crippen molar-refractivity contribution >= 4 is 22.8 Å². The van der Waals surface area contributed by atoms with Gasteiger partial charge in [-0.05, 0) is 11.6 Å². The third-order valence-electron chi connectivity index (χ3n) is 0.268. The molecular formula is C4HClO3. The van der Waals surface area contributed by atoms with Crippen molar-refractivity contribution in [2.24, 2.45) is 0 Å². The fourth-order valence-electron chi connectivity index (χ4n) is 0.103. The molecule has 0 aromatic rings. The number of aliphatic carboxylic acids is 1. The zero-order valence-corrected chi connectivity index (χ0v) is 4.40. The molecule has 0 atom stereocenters. The topological polar surface area (TPSA) is 54.4 Å². The van der Waals surface area contributed by atoms with Crippen molar-refractivity contribution in [2.75, 3.05) is 0 Å². The third kappa shape index (κ3) is 4.99. The number of hydrogen-bond acceptors (Lipinski definition) is 2. The minimum absolute atomic E-state index is 0.965. The van der Waals surface area contributed by atoms with Crippen molar-refractivity contribution in [1.29, 1.82) is 0 Å². The zero-order chi connectivity index (χ0) is 6.57. The Labute approximate surface area is 50.3 Å². The predicted octanol–water partition coefficient (Wildman–Crippen LogP) is -0.160. The Bertz CT molecular complexity index is 155. The first-order chi connectivity index (χ1) is 3.63. The van der Waals surface area contributed by atoms with Gasteiger partial charge in [-0.15, -0.1) is 0 Å². The van der Waals surface area contributed by atoms with Crippen molar-refractivity contribution in [2.45, 2.75) is 0 Å². The molecule has 1 N–H and O–H groups in total. The van der Waals surface area contributed by atoms with Crippen LogP contribution in [-0.2, 0) is 9.59 Å². The molecule has 4 heteroatoms. The van der Waals surface area contributed by atoms with Crippen molar-refractivity contribution in [3.63, 3.8) is 0 Å². The Kier molecular flexibility index (Phi) is 2.67. The van der Waals surface area contributed by atoms with Crippen LogP contribution in [0.3, 0.4) is 0 Å². The van der Waals surface area contributed by atoms with Gasteiger partial charge in [-0.25, -0.2) is 4.79 Å². The van der Waals surface area contributed by atoms with Gasteiger partial charge in [-0.2, -0.15) is 0 Å². The summed E-state index contributed by atoms with van der Waals surface area (Å²) in [6.07, 6.45) is 0. The van der Waals surface area contributed by atoms with Crippen LogP contribution < -0.4 is 0 Å². The summed E-state index contributed by atoms with van der Waals surface area (Å²) in [5.41, 5.74) is 0. The maximum Gasteiger partial charge on any atom is 0.382 e. The van der Waals surface area contributed by atoms with Crippen LogP contribution in [0.2, 0.25) is 0 Å². The van der Waals surface area contributed by atoms with Gasteiger partial charge in [-0.1, -0.05) is 0 Å². The van der Waals surface area contributed by atoms with Gasteiger partial charge in [0.05, 0.1) is 0 Å². The summed E-state index contributed by atoms with van der Waals surface area (Å²) in [4.78, 5) is 19.2. The summed E-state index contributed by atoms with van der Waals surface area (Å²) >= 11 is 4.65. The van der Waals surface area contributed by atoms with Crippen molar-refractivity contribution in [3.05, 3.63) is 0 Å². The van der Waals surface area contributed by atoms with E-state index < -0.39 is 11.2 Å². The molecule has 0 aliphatic rings. The molecule has 0 aromatic heterocycles. The number of carbonyl (C=O) groups is 2. The largest absolute Gasteiger partial charge is 0.472 e. The molecule has 0 aromatic carbocycles. The lowest BCUT2D eigenvalue weighted by molar-refractivity contribution is -0.130. The van der Waals surface area contributed by atoms with E-state index in [0.717, 1.165) is 0 Å².